The summed E-state index contributed by atoms with van der Waals surface area (Å²) in [4.78, 5) is 8.31. The first-order chi connectivity index (χ1) is 12.5. The van der Waals surface area contributed by atoms with E-state index in [1.807, 2.05) is 18.2 Å². The number of aryl methyl sites for hydroxylation is 1. The molecule has 0 saturated carbocycles. The molecule has 3 nitrogen and oxygen atoms in total. The van der Waals surface area contributed by atoms with E-state index in [4.69, 9.17) is 4.98 Å². The van der Waals surface area contributed by atoms with Gasteiger partial charge in [-0.1, -0.05) is 71.9 Å². The average molecular weight is 363 g/mol. The zero-order valence-electron chi connectivity index (χ0n) is 17.4. The van der Waals surface area contributed by atoms with Crippen molar-refractivity contribution < 1.29 is 5.11 Å². The molecule has 142 valence electrons. The van der Waals surface area contributed by atoms with Gasteiger partial charge in [0.05, 0.1) is 5.69 Å². The summed E-state index contributed by atoms with van der Waals surface area (Å²) in [6, 6.07) is 14.3. The maximum Gasteiger partial charge on any atom is 0.138 e. The van der Waals surface area contributed by atoms with Crippen LogP contribution in [0.4, 0.5) is 0 Å². The van der Waals surface area contributed by atoms with Crippen molar-refractivity contribution in [3.63, 3.8) is 0 Å². The normalized spacial score (nSPS) is 12.4. The molecule has 0 amide bonds. The van der Waals surface area contributed by atoms with Gasteiger partial charge in [0.2, 0.25) is 0 Å². The van der Waals surface area contributed by atoms with Crippen LogP contribution >= 0.6 is 0 Å². The van der Waals surface area contributed by atoms with Crippen LogP contribution in [-0.2, 0) is 10.8 Å². The first-order valence-corrected chi connectivity index (χ1v) is 9.49. The fourth-order valence-electron chi connectivity index (χ4n) is 3.39. The predicted octanol–water partition coefficient (Wildman–Crippen LogP) is 6.35. The SMILES string of the molecule is Cc1[nH]c(-c2ccccc2)nc1-c1cc(C(C)(C)C)c(O)c(C(C)(C)C)c1. The number of phenols is 1. The summed E-state index contributed by atoms with van der Waals surface area (Å²) in [6.07, 6.45) is 0. The van der Waals surface area contributed by atoms with E-state index < -0.39 is 0 Å². The summed E-state index contributed by atoms with van der Waals surface area (Å²) < 4.78 is 0. The second-order valence-corrected chi connectivity index (χ2v) is 9.35. The Hall–Kier alpha value is -2.55. The van der Waals surface area contributed by atoms with E-state index in [2.05, 4.69) is 77.7 Å². The molecule has 0 aliphatic heterocycles. The van der Waals surface area contributed by atoms with Crippen LogP contribution in [0, 0.1) is 6.92 Å². The third kappa shape index (κ3) is 3.78. The molecule has 2 N–H and O–H groups in total. The first kappa shape index (κ1) is 19.2. The van der Waals surface area contributed by atoms with E-state index in [9.17, 15) is 5.11 Å². The molecule has 3 aromatic rings. The molecule has 0 spiro atoms. The number of H-pyrrole nitrogens is 1. The van der Waals surface area contributed by atoms with Crippen molar-refractivity contribution >= 4 is 0 Å². The standard InChI is InChI=1S/C24H30N2O/c1-15-20(26-22(25-15)16-11-9-8-10-12-16)17-13-18(23(2,3)4)21(27)19(14-17)24(5,6)7/h8-14,27H,1-7H3,(H,25,26). The summed E-state index contributed by atoms with van der Waals surface area (Å²) >= 11 is 0. The van der Waals surface area contributed by atoms with Crippen LogP contribution in [0.3, 0.4) is 0 Å². The summed E-state index contributed by atoms with van der Waals surface area (Å²) in [7, 11) is 0. The van der Waals surface area contributed by atoms with Gasteiger partial charge in [-0.15, -0.1) is 0 Å². The molecule has 0 fully saturated rings. The minimum Gasteiger partial charge on any atom is -0.507 e. The highest BCUT2D eigenvalue weighted by Crippen LogP contribution is 2.42. The predicted molar refractivity (Wildman–Crippen MR) is 113 cm³/mol. The van der Waals surface area contributed by atoms with Gasteiger partial charge in [-0.25, -0.2) is 4.98 Å². The molecule has 27 heavy (non-hydrogen) atoms. The van der Waals surface area contributed by atoms with Gasteiger partial charge in [-0.3, -0.25) is 0 Å². The highest BCUT2D eigenvalue weighted by Gasteiger charge is 2.27. The zero-order valence-corrected chi connectivity index (χ0v) is 17.4. The molecule has 0 atom stereocenters. The molecule has 2 aromatic carbocycles. The van der Waals surface area contributed by atoms with Crippen LogP contribution in [0.2, 0.25) is 0 Å². The summed E-state index contributed by atoms with van der Waals surface area (Å²) in [6.45, 7) is 14.8. The lowest BCUT2D eigenvalue weighted by molar-refractivity contribution is 0.423. The fraction of sp³-hybridized carbons (Fsp3) is 0.375. The highest BCUT2D eigenvalue weighted by atomic mass is 16.3. The van der Waals surface area contributed by atoms with Gasteiger partial charge in [0, 0.05) is 27.9 Å². The number of rotatable bonds is 2. The number of hydrogen-bond acceptors (Lipinski definition) is 2. The van der Waals surface area contributed by atoms with Gasteiger partial charge < -0.3 is 10.1 Å². The average Bonchev–Trinajstić information content (AvgIpc) is 2.95. The Morgan fingerprint density at radius 1 is 0.815 bits per heavy atom. The van der Waals surface area contributed by atoms with E-state index in [-0.39, 0.29) is 10.8 Å². The van der Waals surface area contributed by atoms with E-state index in [1.54, 1.807) is 0 Å². The third-order valence-corrected chi connectivity index (χ3v) is 4.93. The number of aromatic hydroxyl groups is 1. The molecule has 0 aliphatic carbocycles. The molecule has 3 rings (SSSR count). The second kappa shape index (κ2) is 6.56. The Balaban J connectivity index is 2.22. The van der Waals surface area contributed by atoms with Crippen molar-refractivity contribution in [3.8, 4) is 28.4 Å². The number of nitrogens with one attached hydrogen (secondary N) is 1. The minimum absolute atomic E-state index is 0.160. The number of aromatic amines is 1. The van der Waals surface area contributed by atoms with Crippen molar-refractivity contribution in [2.24, 2.45) is 0 Å². The maximum absolute atomic E-state index is 11.0. The molecule has 1 heterocycles. The number of benzene rings is 2. The smallest absolute Gasteiger partial charge is 0.138 e. The number of phenolic OH excluding ortho intramolecular Hbond substituents is 1. The van der Waals surface area contributed by atoms with Crippen LogP contribution in [0.1, 0.15) is 58.4 Å². The zero-order chi connectivity index (χ0) is 20.0. The molecular formula is C24H30N2O. The van der Waals surface area contributed by atoms with Crippen molar-refractivity contribution in [3.05, 3.63) is 59.3 Å². The molecule has 0 unspecified atom stereocenters. The molecule has 0 aliphatic rings. The quantitative estimate of drug-likeness (QED) is 0.558. The lowest BCUT2D eigenvalue weighted by Crippen LogP contribution is -2.17. The second-order valence-electron chi connectivity index (χ2n) is 9.35. The Morgan fingerprint density at radius 2 is 1.33 bits per heavy atom. The van der Waals surface area contributed by atoms with E-state index >= 15 is 0 Å². The third-order valence-electron chi connectivity index (χ3n) is 4.93. The van der Waals surface area contributed by atoms with Crippen LogP contribution in [0.25, 0.3) is 22.6 Å². The lowest BCUT2D eigenvalue weighted by atomic mass is 9.78. The van der Waals surface area contributed by atoms with Crippen LogP contribution in [0.5, 0.6) is 5.75 Å². The number of aromatic nitrogens is 2. The van der Waals surface area contributed by atoms with Gasteiger partial charge in [0.1, 0.15) is 11.6 Å². The number of nitrogens with zero attached hydrogens (tertiary/aromatic N) is 1. The lowest BCUT2D eigenvalue weighted by Gasteiger charge is -2.28. The van der Waals surface area contributed by atoms with E-state index in [1.165, 1.54) is 0 Å². The van der Waals surface area contributed by atoms with Crippen LogP contribution in [0.15, 0.2) is 42.5 Å². The Kier molecular flexibility index (Phi) is 4.67. The topological polar surface area (TPSA) is 48.9 Å². The Bertz CT molecular complexity index is 919. The van der Waals surface area contributed by atoms with Crippen molar-refractivity contribution in [1.82, 2.24) is 9.97 Å². The summed E-state index contributed by atoms with van der Waals surface area (Å²) in [5, 5.41) is 11.0. The summed E-state index contributed by atoms with van der Waals surface area (Å²) in [5.74, 6) is 1.26. The Morgan fingerprint density at radius 3 is 1.81 bits per heavy atom. The van der Waals surface area contributed by atoms with Gasteiger partial charge in [-0.2, -0.15) is 0 Å². The molecule has 0 bridgehead atoms. The van der Waals surface area contributed by atoms with Gasteiger partial charge >= 0.3 is 0 Å². The number of hydrogen-bond donors (Lipinski definition) is 2. The van der Waals surface area contributed by atoms with Crippen LogP contribution in [-0.4, -0.2) is 15.1 Å². The van der Waals surface area contributed by atoms with Crippen molar-refractivity contribution in [2.75, 3.05) is 0 Å². The molecular weight excluding hydrogens is 332 g/mol. The van der Waals surface area contributed by atoms with E-state index in [0.717, 1.165) is 39.5 Å². The monoisotopic (exact) mass is 362 g/mol. The first-order valence-electron chi connectivity index (χ1n) is 9.49. The maximum atomic E-state index is 11.0. The number of imidazole rings is 1. The van der Waals surface area contributed by atoms with Gasteiger partial charge in [0.25, 0.3) is 0 Å². The van der Waals surface area contributed by atoms with Gasteiger partial charge in [0.15, 0.2) is 0 Å². The van der Waals surface area contributed by atoms with Crippen molar-refractivity contribution in [1.29, 1.82) is 0 Å². The molecule has 0 radical (unpaired) electrons. The summed E-state index contributed by atoms with van der Waals surface area (Å²) in [5.41, 5.74) is 5.65. The highest BCUT2D eigenvalue weighted by molar-refractivity contribution is 5.71. The molecule has 0 saturated heterocycles. The largest absolute Gasteiger partial charge is 0.507 e. The molecule has 1 aromatic heterocycles. The van der Waals surface area contributed by atoms with Crippen molar-refractivity contribution in [2.45, 2.75) is 59.3 Å². The Labute approximate surface area is 162 Å². The minimum atomic E-state index is -0.160. The molecule has 3 heteroatoms. The fourth-order valence-corrected chi connectivity index (χ4v) is 3.39. The van der Waals surface area contributed by atoms with Crippen LogP contribution < -0.4 is 0 Å². The van der Waals surface area contributed by atoms with Gasteiger partial charge in [-0.05, 0) is 29.9 Å². The van der Waals surface area contributed by atoms with E-state index in [0.29, 0.717) is 5.75 Å².